The van der Waals surface area contributed by atoms with Crippen LogP contribution in [0.5, 0.6) is 0 Å². The number of fused-ring (bicyclic) bond motifs is 2. The van der Waals surface area contributed by atoms with Gasteiger partial charge in [-0.05, 0) is 79.8 Å². The van der Waals surface area contributed by atoms with E-state index in [9.17, 15) is 14.7 Å². The summed E-state index contributed by atoms with van der Waals surface area (Å²) in [4.78, 5) is 38.6. The van der Waals surface area contributed by atoms with Gasteiger partial charge in [-0.1, -0.05) is 36.3 Å². The van der Waals surface area contributed by atoms with Gasteiger partial charge in [0.15, 0.2) is 5.58 Å². The van der Waals surface area contributed by atoms with E-state index >= 15 is 0 Å². The van der Waals surface area contributed by atoms with Crippen molar-refractivity contribution in [1.29, 1.82) is 0 Å². The maximum absolute atomic E-state index is 11.5. The molecule has 0 bridgehead atoms. The van der Waals surface area contributed by atoms with Crippen molar-refractivity contribution in [2.45, 2.75) is 59.7 Å². The summed E-state index contributed by atoms with van der Waals surface area (Å²) in [6.07, 6.45) is 7.45. The second-order valence-electron chi connectivity index (χ2n) is 13.4. The molecule has 50 heavy (non-hydrogen) atoms. The largest absolute Gasteiger partial charge is 0.481 e. The number of nitrogens with zero attached hydrogens (tertiary/aromatic N) is 4. The number of oxazole rings is 1. The molecule has 10 heteroatoms. The summed E-state index contributed by atoms with van der Waals surface area (Å²) in [6.45, 7) is 11.7. The Morgan fingerprint density at radius 1 is 1.08 bits per heavy atom. The van der Waals surface area contributed by atoms with Crippen LogP contribution < -0.4 is 0 Å². The topological polar surface area (TPSA) is 109 Å². The highest BCUT2D eigenvalue weighted by molar-refractivity contribution is 7.15. The standard InChI is InChI=1S/C40H40N4O5S/c1-6-28-17-27(19-43-15-13-29(20-43)40(46)47)18-35-37(28)49-38(41-35)32-11-7-9-30(24(32)3)31-10-8-12-33(25(31)4)39-42-34-14-16-44(21-36(34)50-39)23(2)22-48-26(5)45/h1,7-12,17-18,23,29H,13-16,19-22H2,2-5H3,(H,46,47)/t23?,29-/m1/s1. The number of carbonyl (C=O) groups excluding carboxylic acids is 1. The van der Waals surface area contributed by atoms with Crippen molar-refractivity contribution in [2.75, 3.05) is 26.2 Å². The minimum atomic E-state index is -0.744. The fourth-order valence-electron chi connectivity index (χ4n) is 7.21. The number of ether oxygens (including phenoxy) is 1. The summed E-state index contributed by atoms with van der Waals surface area (Å²) in [5, 5.41) is 10.4. The maximum Gasteiger partial charge on any atom is 0.307 e. The first-order chi connectivity index (χ1) is 24.1. The smallest absolute Gasteiger partial charge is 0.307 e. The van der Waals surface area contributed by atoms with Crippen molar-refractivity contribution in [2.24, 2.45) is 5.92 Å². The zero-order chi connectivity index (χ0) is 35.1. The second-order valence-corrected chi connectivity index (χ2v) is 14.5. The number of terminal acetylenes is 1. The molecule has 2 atom stereocenters. The van der Waals surface area contributed by atoms with Crippen LogP contribution in [-0.2, 0) is 33.8 Å². The number of carbonyl (C=O) groups is 2. The third kappa shape index (κ3) is 6.56. The van der Waals surface area contributed by atoms with Crippen LogP contribution in [0.15, 0.2) is 52.9 Å². The summed E-state index contributed by atoms with van der Waals surface area (Å²) in [7, 11) is 0. The summed E-state index contributed by atoms with van der Waals surface area (Å²) < 4.78 is 11.6. The summed E-state index contributed by atoms with van der Waals surface area (Å²) in [6, 6.07) is 16.7. The van der Waals surface area contributed by atoms with Gasteiger partial charge in [-0.25, -0.2) is 9.97 Å². The van der Waals surface area contributed by atoms with Crippen LogP contribution in [0, 0.1) is 32.1 Å². The number of aliphatic carboxylic acids is 1. The quantitative estimate of drug-likeness (QED) is 0.128. The first-order valence-corrected chi connectivity index (χ1v) is 17.8. The van der Waals surface area contributed by atoms with E-state index in [1.807, 2.05) is 24.3 Å². The van der Waals surface area contributed by atoms with E-state index in [4.69, 9.17) is 25.5 Å². The molecule has 4 heterocycles. The van der Waals surface area contributed by atoms with Gasteiger partial charge in [0.25, 0.3) is 0 Å². The average Bonchev–Trinajstić information content (AvgIpc) is 3.85. The van der Waals surface area contributed by atoms with Gasteiger partial charge in [0.2, 0.25) is 5.89 Å². The van der Waals surface area contributed by atoms with Crippen molar-refractivity contribution in [1.82, 2.24) is 19.8 Å². The molecule has 1 unspecified atom stereocenters. The summed E-state index contributed by atoms with van der Waals surface area (Å²) >= 11 is 1.74. The molecule has 0 radical (unpaired) electrons. The van der Waals surface area contributed by atoms with Gasteiger partial charge in [0, 0.05) is 61.6 Å². The minimum Gasteiger partial charge on any atom is -0.481 e. The highest BCUT2D eigenvalue weighted by Gasteiger charge is 2.29. The number of benzene rings is 3. The van der Waals surface area contributed by atoms with Crippen LogP contribution in [0.4, 0.5) is 0 Å². The van der Waals surface area contributed by atoms with Crippen LogP contribution in [0.3, 0.4) is 0 Å². The lowest BCUT2D eigenvalue weighted by molar-refractivity contribution is -0.143. The molecule has 0 spiro atoms. The SMILES string of the molecule is C#Cc1cc(CN2CC[C@@H](C(=O)O)C2)cc2nc(-c3cccc(-c4cccc(-c5nc6c(s5)CN(C(C)COC(C)=O)CC6)c4C)c3C)oc12. The Bertz CT molecular complexity index is 2160. The zero-order valence-corrected chi connectivity index (χ0v) is 29.6. The van der Waals surface area contributed by atoms with Crippen LogP contribution in [0.2, 0.25) is 0 Å². The molecule has 3 aromatic carbocycles. The Morgan fingerprint density at radius 2 is 1.80 bits per heavy atom. The molecule has 0 saturated carbocycles. The first kappa shape index (κ1) is 33.7. The van der Waals surface area contributed by atoms with Gasteiger partial charge in [-0.3, -0.25) is 19.4 Å². The van der Waals surface area contributed by atoms with Crippen LogP contribution >= 0.6 is 11.3 Å². The molecule has 5 aromatic rings. The van der Waals surface area contributed by atoms with Gasteiger partial charge >= 0.3 is 11.9 Å². The van der Waals surface area contributed by atoms with Gasteiger partial charge in [0.05, 0.1) is 17.2 Å². The fourth-order valence-corrected chi connectivity index (χ4v) is 8.43. The Kier molecular flexibility index (Phi) is 9.31. The van der Waals surface area contributed by atoms with E-state index < -0.39 is 5.97 Å². The summed E-state index contributed by atoms with van der Waals surface area (Å²) in [5.41, 5.74) is 10.5. The van der Waals surface area contributed by atoms with E-state index in [0.717, 1.165) is 75.7 Å². The van der Waals surface area contributed by atoms with Crippen LogP contribution in [-0.4, -0.2) is 69.1 Å². The molecule has 0 aliphatic carbocycles. The lowest BCUT2D eigenvalue weighted by Gasteiger charge is -2.31. The van der Waals surface area contributed by atoms with Crippen molar-refractivity contribution >= 4 is 34.4 Å². The van der Waals surface area contributed by atoms with Gasteiger partial charge in [-0.2, -0.15) is 0 Å². The minimum absolute atomic E-state index is 0.142. The third-order valence-corrected chi connectivity index (χ3v) is 11.2. The lowest BCUT2D eigenvalue weighted by atomic mass is 9.91. The van der Waals surface area contributed by atoms with Crippen LogP contribution in [0.1, 0.15) is 53.1 Å². The maximum atomic E-state index is 11.5. The monoisotopic (exact) mass is 688 g/mol. The van der Waals surface area contributed by atoms with Gasteiger partial charge in [-0.15, -0.1) is 17.8 Å². The number of carboxylic acids is 1. The molecule has 1 saturated heterocycles. The highest BCUT2D eigenvalue weighted by Crippen LogP contribution is 2.40. The molecule has 2 aliphatic rings. The highest BCUT2D eigenvalue weighted by atomic mass is 32.1. The Morgan fingerprint density at radius 3 is 2.50 bits per heavy atom. The molecule has 9 nitrogen and oxygen atoms in total. The zero-order valence-electron chi connectivity index (χ0n) is 28.8. The number of aromatic nitrogens is 2. The fraction of sp³-hybridized carbons (Fsp3) is 0.350. The predicted octanol–water partition coefficient (Wildman–Crippen LogP) is 7.10. The third-order valence-electron chi connectivity index (χ3n) is 10.1. The van der Waals surface area contributed by atoms with Crippen LogP contribution in [0.25, 0.3) is 44.3 Å². The van der Waals surface area contributed by atoms with Crippen molar-refractivity contribution in [3.05, 3.63) is 81.4 Å². The van der Waals surface area contributed by atoms with E-state index in [-0.39, 0.29) is 17.9 Å². The number of thiazole rings is 1. The Balaban J connectivity index is 1.16. The molecular formula is C40H40N4O5S. The van der Waals surface area contributed by atoms with E-state index in [0.29, 0.717) is 48.7 Å². The molecule has 0 amide bonds. The van der Waals surface area contributed by atoms with Crippen molar-refractivity contribution in [3.8, 4) is 45.5 Å². The molecule has 256 valence electrons. The normalized spacial score (nSPS) is 17.1. The molecule has 2 aromatic heterocycles. The summed E-state index contributed by atoms with van der Waals surface area (Å²) in [5.74, 6) is 1.95. The predicted molar refractivity (Wildman–Crippen MR) is 195 cm³/mol. The van der Waals surface area contributed by atoms with Crippen molar-refractivity contribution in [3.63, 3.8) is 0 Å². The van der Waals surface area contributed by atoms with Gasteiger partial charge in [0.1, 0.15) is 17.1 Å². The Labute approximate surface area is 295 Å². The molecule has 1 N–H and O–H groups in total. The molecule has 1 fully saturated rings. The van der Waals surface area contributed by atoms with E-state index in [1.165, 1.54) is 11.8 Å². The number of rotatable bonds is 9. The first-order valence-electron chi connectivity index (χ1n) is 17.0. The average molecular weight is 689 g/mol. The lowest BCUT2D eigenvalue weighted by Crippen LogP contribution is -2.40. The number of esters is 1. The number of hydrogen-bond donors (Lipinski definition) is 1. The Hall–Kier alpha value is -4.82. The van der Waals surface area contributed by atoms with Crippen molar-refractivity contribution < 1.29 is 23.8 Å². The number of hydrogen-bond acceptors (Lipinski definition) is 9. The molecule has 2 aliphatic heterocycles. The second kappa shape index (κ2) is 13.8. The molecule has 7 rings (SSSR count). The van der Waals surface area contributed by atoms with E-state index in [2.05, 4.69) is 60.8 Å². The number of likely N-dealkylation sites (tertiary alicyclic amines) is 1. The van der Waals surface area contributed by atoms with E-state index in [1.54, 1.807) is 11.3 Å². The number of carboxylic acid groups (broad SMARTS) is 1. The molecular weight excluding hydrogens is 649 g/mol. The van der Waals surface area contributed by atoms with Gasteiger partial charge < -0.3 is 14.3 Å².